The normalized spacial score (nSPS) is 11.6. The van der Waals surface area contributed by atoms with Crippen LogP contribution in [0.2, 0.25) is 0 Å². The summed E-state index contributed by atoms with van der Waals surface area (Å²) in [5, 5.41) is 2.60. The molecule has 0 bridgehead atoms. The Morgan fingerprint density at radius 3 is 2.37 bits per heavy atom. The van der Waals surface area contributed by atoms with E-state index >= 15 is 0 Å². The van der Waals surface area contributed by atoms with Gasteiger partial charge in [-0.05, 0) is 61.7 Å². The van der Waals surface area contributed by atoms with Crippen LogP contribution in [0.4, 0.5) is 0 Å². The average molecular weight is 433 g/mol. The maximum atomic E-state index is 12.8. The van der Waals surface area contributed by atoms with Crippen LogP contribution in [0.25, 0.3) is 0 Å². The van der Waals surface area contributed by atoms with Crippen molar-refractivity contribution >= 4 is 27.7 Å². The number of likely N-dealkylation sites (N-methyl/N-ethyl adjacent to an activating group) is 1. The number of aryl methyl sites for hydroxylation is 2. The van der Waals surface area contributed by atoms with Crippen molar-refractivity contribution in [3.8, 4) is 5.75 Å². The number of rotatable bonds is 7. The van der Waals surface area contributed by atoms with Crippen molar-refractivity contribution in [1.29, 1.82) is 0 Å². The topological polar surface area (TPSA) is 58.6 Å². The van der Waals surface area contributed by atoms with Gasteiger partial charge in [-0.2, -0.15) is 0 Å². The first-order chi connectivity index (χ1) is 12.8. The number of nitrogens with one attached hydrogen (secondary N) is 1. The van der Waals surface area contributed by atoms with E-state index in [9.17, 15) is 9.59 Å². The van der Waals surface area contributed by atoms with Gasteiger partial charge in [0.2, 0.25) is 5.91 Å². The molecular formula is C21H25BrN2O3. The summed E-state index contributed by atoms with van der Waals surface area (Å²) in [7, 11) is 1.56. The van der Waals surface area contributed by atoms with Gasteiger partial charge in [0.05, 0.1) is 0 Å². The van der Waals surface area contributed by atoms with Crippen molar-refractivity contribution in [1.82, 2.24) is 10.2 Å². The quantitative estimate of drug-likeness (QED) is 0.726. The molecule has 2 aromatic rings. The molecule has 5 nitrogen and oxygen atoms in total. The number of hydrogen-bond donors (Lipinski definition) is 1. The number of benzene rings is 2. The lowest BCUT2D eigenvalue weighted by Gasteiger charge is -2.28. The summed E-state index contributed by atoms with van der Waals surface area (Å²) in [5.41, 5.74) is 3.21. The molecule has 0 radical (unpaired) electrons. The first kappa shape index (κ1) is 21.0. The molecule has 0 unspecified atom stereocenters. The smallest absolute Gasteiger partial charge is 0.261 e. The van der Waals surface area contributed by atoms with Gasteiger partial charge >= 0.3 is 0 Å². The molecule has 0 spiro atoms. The van der Waals surface area contributed by atoms with E-state index in [0.717, 1.165) is 15.6 Å². The molecule has 1 atom stereocenters. The molecule has 0 aliphatic heterocycles. The fraction of sp³-hybridized carbons (Fsp3) is 0.333. The largest absolute Gasteiger partial charge is 0.484 e. The number of carbonyl (C=O) groups excluding carboxylic acids is 2. The highest BCUT2D eigenvalue weighted by Gasteiger charge is 2.25. The minimum atomic E-state index is -0.602. The zero-order chi connectivity index (χ0) is 20.0. The first-order valence-corrected chi connectivity index (χ1v) is 9.56. The number of ether oxygens (including phenoxy) is 1. The Hall–Kier alpha value is -2.34. The highest BCUT2D eigenvalue weighted by atomic mass is 79.9. The van der Waals surface area contributed by atoms with Crippen LogP contribution < -0.4 is 10.1 Å². The van der Waals surface area contributed by atoms with Crippen molar-refractivity contribution in [2.24, 2.45) is 0 Å². The van der Waals surface area contributed by atoms with Gasteiger partial charge in [-0.25, -0.2) is 0 Å². The number of hydrogen-bond acceptors (Lipinski definition) is 3. The Morgan fingerprint density at radius 2 is 1.78 bits per heavy atom. The van der Waals surface area contributed by atoms with Crippen molar-refractivity contribution in [3.63, 3.8) is 0 Å². The monoisotopic (exact) mass is 432 g/mol. The molecule has 0 saturated carbocycles. The van der Waals surface area contributed by atoms with Gasteiger partial charge in [-0.3, -0.25) is 9.59 Å². The molecule has 2 rings (SSSR count). The van der Waals surface area contributed by atoms with Gasteiger partial charge in [0.1, 0.15) is 11.8 Å². The molecule has 1 N–H and O–H groups in total. The van der Waals surface area contributed by atoms with E-state index in [4.69, 9.17) is 4.74 Å². The highest BCUT2D eigenvalue weighted by molar-refractivity contribution is 9.10. The molecule has 0 saturated heterocycles. The molecular weight excluding hydrogens is 408 g/mol. The molecule has 144 valence electrons. The van der Waals surface area contributed by atoms with E-state index in [-0.39, 0.29) is 18.4 Å². The number of nitrogens with zero attached hydrogens (tertiary/aromatic N) is 1. The molecule has 0 aliphatic rings. The second-order valence-corrected chi connectivity index (χ2v) is 7.39. The second-order valence-electron chi connectivity index (χ2n) is 6.47. The van der Waals surface area contributed by atoms with Gasteiger partial charge in [0.25, 0.3) is 5.91 Å². The predicted octanol–water partition coefficient (Wildman–Crippen LogP) is 3.61. The van der Waals surface area contributed by atoms with Crippen molar-refractivity contribution in [2.45, 2.75) is 33.4 Å². The van der Waals surface area contributed by atoms with Crippen LogP contribution in [0, 0.1) is 13.8 Å². The molecule has 0 fully saturated rings. The zero-order valence-electron chi connectivity index (χ0n) is 16.1. The Balaban J connectivity index is 2.12. The number of carbonyl (C=O) groups is 2. The zero-order valence-corrected chi connectivity index (χ0v) is 17.7. The fourth-order valence-corrected chi connectivity index (χ4v) is 2.87. The summed E-state index contributed by atoms with van der Waals surface area (Å²) in [6.07, 6.45) is 0. The lowest BCUT2D eigenvalue weighted by Crippen LogP contribution is -2.48. The van der Waals surface area contributed by atoms with E-state index in [1.54, 1.807) is 14.0 Å². The minimum Gasteiger partial charge on any atom is -0.484 e. The van der Waals surface area contributed by atoms with Gasteiger partial charge < -0.3 is 15.0 Å². The van der Waals surface area contributed by atoms with Gasteiger partial charge in [0, 0.05) is 18.1 Å². The summed E-state index contributed by atoms with van der Waals surface area (Å²) in [5.74, 6) is 0.182. The van der Waals surface area contributed by atoms with Crippen LogP contribution in [-0.4, -0.2) is 36.4 Å². The number of amides is 2. The van der Waals surface area contributed by atoms with Crippen LogP contribution in [0.1, 0.15) is 23.6 Å². The van der Waals surface area contributed by atoms with Crippen LogP contribution in [0.15, 0.2) is 46.9 Å². The maximum Gasteiger partial charge on any atom is 0.261 e. The summed E-state index contributed by atoms with van der Waals surface area (Å²) in [4.78, 5) is 26.4. The molecule has 27 heavy (non-hydrogen) atoms. The van der Waals surface area contributed by atoms with Crippen LogP contribution in [0.5, 0.6) is 5.75 Å². The lowest BCUT2D eigenvalue weighted by molar-refractivity contribution is -0.142. The van der Waals surface area contributed by atoms with E-state index in [2.05, 4.69) is 21.2 Å². The maximum absolute atomic E-state index is 12.8. The van der Waals surface area contributed by atoms with Crippen LogP contribution >= 0.6 is 15.9 Å². The third kappa shape index (κ3) is 5.82. The summed E-state index contributed by atoms with van der Waals surface area (Å²) < 4.78 is 6.63. The summed E-state index contributed by atoms with van der Waals surface area (Å²) >= 11 is 3.40. The van der Waals surface area contributed by atoms with E-state index < -0.39 is 6.04 Å². The highest BCUT2D eigenvalue weighted by Crippen LogP contribution is 2.18. The molecule has 0 heterocycles. The van der Waals surface area contributed by atoms with E-state index in [0.29, 0.717) is 12.3 Å². The Morgan fingerprint density at radius 1 is 1.11 bits per heavy atom. The number of halogens is 1. The Labute approximate surface area is 168 Å². The fourth-order valence-electron chi connectivity index (χ4n) is 2.61. The third-order valence-corrected chi connectivity index (χ3v) is 5.05. The Bertz CT molecular complexity index is 806. The minimum absolute atomic E-state index is 0.125. The van der Waals surface area contributed by atoms with Crippen LogP contribution in [-0.2, 0) is 16.1 Å². The SMILES string of the molecule is CNC(=O)[C@H](C)N(Cc1ccc(Br)cc1)C(=O)COc1ccc(C)c(C)c1. The van der Waals surface area contributed by atoms with Gasteiger partial charge in [-0.15, -0.1) is 0 Å². The molecule has 2 aromatic carbocycles. The molecule has 2 amide bonds. The van der Waals surface area contributed by atoms with Crippen molar-refractivity contribution in [3.05, 3.63) is 63.6 Å². The Kier molecular flexibility index (Phi) is 7.42. The first-order valence-electron chi connectivity index (χ1n) is 8.77. The molecule has 6 heteroatoms. The van der Waals surface area contributed by atoms with Crippen molar-refractivity contribution in [2.75, 3.05) is 13.7 Å². The standard InChI is InChI=1S/C21H25BrN2O3/c1-14-5-10-19(11-15(14)2)27-13-20(25)24(16(3)21(26)23-4)12-17-6-8-18(22)9-7-17/h5-11,16H,12-13H2,1-4H3,(H,23,26)/t16-/m0/s1. The molecule has 0 aliphatic carbocycles. The van der Waals surface area contributed by atoms with Crippen molar-refractivity contribution < 1.29 is 14.3 Å². The summed E-state index contributed by atoms with van der Waals surface area (Å²) in [6.45, 7) is 5.94. The van der Waals surface area contributed by atoms with Crippen LogP contribution in [0.3, 0.4) is 0 Å². The average Bonchev–Trinajstić information content (AvgIpc) is 2.67. The lowest BCUT2D eigenvalue weighted by atomic mass is 10.1. The molecule has 0 aromatic heterocycles. The van der Waals surface area contributed by atoms with E-state index in [1.807, 2.05) is 56.3 Å². The van der Waals surface area contributed by atoms with E-state index in [1.165, 1.54) is 10.5 Å². The third-order valence-electron chi connectivity index (χ3n) is 4.52. The predicted molar refractivity (Wildman–Crippen MR) is 110 cm³/mol. The summed E-state index contributed by atoms with van der Waals surface area (Å²) in [6, 6.07) is 12.8. The second kappa shape index (κ2) is 9.55. The van der Waals surface area contributed by atoms with Gasteiger partial charge in [0.15, 0.2) is 6.61 Å². The van der Waals surface area contributed by atoms with Gasteiger partial charge in [-0.1, -0.05) is 34.1 Å².